The van der Waals surface area contributed by atoms with Crippen LogP contribution in [0.3, 0.4) is 0 Å². The molecule has 100 valence electrons. The van der Waals surface area contributed by atoms with Gasteiger partial charge in [0.25, 0.3) is 0 Å². The van der Waals surface area contributed by atoms with Crippen molar-refractivity contribution in [2.75, 3.05) is 39.1 Å². The van der Waals surface area contributed by atoms with E-state index in [0.717, 1.165) is 35.2 Å². The number of carboxylic acid groups (broad SMARTS) is 1. The zero-order chi connectivity index (χ0) is 13.3. The molecule has 0 fully saturated rings. The molecule has 0 saturated heterocycles. The summed E-state index contributed by atoms with van der Waals surface area (Å²) in [6.45, 7) is 1.86. The zero-order valence-electron chi connectivity index (χ0n) is 11.0. The van der Waals surface area contributed by atoms with Gasteiger partial charge in [0, 0.05) is 25.0 Å². The Morgan fingerprint density at radius 1 is 1.44 bits per heavy atom. The van der Waals surface area contributed by atoms with Gasteiger partial charge in [0.2, 0.25) is 0 Å². The Hall–Kier alpha value is -1.14. The molecule has 1 aliphatic rings. The molecular weight excluding hydrogens is 250 g/mol. The SMILES string of the molecule is CN(C)CCN(C)c1nc2c(s1)CCC2C(=O)O. The summed E-state index contributed by atoms with van der Waals surface area (Å²) in [4.78, 5) is 21.0. The quantitative estimate of drug-likeness (QED) is 0.872. The van der Waals surface area contributed by atoms with Gasteiger partial charge in [-0.05, 0) is 26.9 Å². The lowest BCUT2D eigenvalue weighted by Gasteiger charge is -2.18. The highest BCUT2D eigenvalue weighted by Crippen LogP contribution is 2.39. The average Bonchev–Trinajstić information content (AvgIpc) is 2.83. The van der Waals surface area contributed by atoms with Crippen LogP contribution >= 0.6 is 11.3 Å². The molecule has 1 aromatic heterocycles. The first-order chi connectivity index (χ1) is 8.49. The summed E-state index contributed by atoms with van der Waals surface area (Å²) in [6, 6.07) is 0. The van der Waals surface area contributed by atoms with Gasteiger partial charge in [-0.3, -0.25) is 4.79 Å². The maximum absolute atomic E-state index is 11.1. The summed E-state index contributed by atoms with van der Waals surface area (Å²) < 4.78 is 0. The molecule has 1 aliphatic carbocycles. The van der Waals surface area contributed by atoms with Crippen LogP contribution in [0.15, 0.2) is 0 Å². The molecule has 0 saturated carbocycles. The molecule has 1 atom stereocenters. The Kier molecular flexibility index (Phi) is 3.87. The molecule has 18 heavy (non-hydrogen) atoms. The second-order valence-electron chi connectivity index (χ2n) is 4.96. The van der Waals surface area contributed by atoms with E-state index >= 15 is 0 Å². The zero-order valence-corrected chi connectivity index (χ0v) is 11.8. The summed E-state index contributed by atoms with van der Waals surface area (Å²) in [6.07, 6.45) is 1.55. The second-order valence-corrected chi connectivity index (χ2v) is 6.02. The summed E-state index contributed by atoms with van der Waals surface area (Å²) in [7, 11) is 6.08. The van der Waals surface area contributed by atoms with E-state index in [0.29, 0.717) is 6.42 Å². The number of carbonyl (C=O) groups is 1. The predicted octanol–water partition coefficient (Wildman–Crippen LogP) is 1.26. The Bertz CT molecular complexity index is 445. The number of likely N-dealkylation sites (N-methyl/N-ethyl adjacent to an activating group) is 2. The fraction of sp³-hybridized carbons (Fsp3) is 0.667. The van der Waals surface area contributed by atoms with Crippen LogP contribution in [0.2, 0.25) is 0 Å². The smallest absolute Gasteiger partial charge is 0.312 e. The number of hydrogen-bond donors (Lipinski definition) is 1. The summed E-state index contributed by atoms with van der Waals surface area (Å²) in [5, 5.41) is 10.1. The van der Waals surface area contributed by atoms with Crippen molar-refractivity contribution in [1.82, 2.24) is 9.88 Å². The van der Waals surface area contributed by atoms with Crippen LogP contribution in [0.4, 0.5) is 5.13 Å². The van der Waals surface area contributed by atoms with Gasteiger partial charge < -0.3 is 14.9 Å². The fourth-order valence-corrected chi connectivity index (χ4v) is 3.19. The van der Waals surface area contributed by atoms with Crippen LogP contribution in [0, 0.1) is 0 Å². The molecule has 0 aliphatic heterocycles. The molecule has 0 aromatic carbocycles. The number of fused-ring (bicyclic) bond motifs is 1. The van der Waals surface area contributed by atoms with E-state index in [4.69, 9.17) is 5.11 Å². The van der Waals surface area contributed by atoms with Crippen LogP contribution in [0.5, 0.6) is 0 Å². The van der Waals surface area contributed by atoms with Crippen molar-refractivity contribution in [2.24, 2.45) is 0 Å². The topological polar surface area (TPSA) is 56.7 Å². The highest BCUT2D eigenvalue weighted by molar-refractivity contribution is 7.15. The number of nitrogens with zero attached hydrogens (tertiary/aromatic N) is 3. The number of thiazole rings is 1. The molecule has 0 bridgehead atoms. The largest absolute Gasteiger partial charge is 0.481 e. The van der Waals surface area contributed by atoms with E-state index in [-0.39, 0.29) is 0 Å². The first-order valence-electron chi connectivity index (χ1n) is 6.07. The van der Waals surface area contributed by atoms with Crippen molar-refractivity contribution >= 4 is 22.4 Å². The molecule has 0 spiro atoms. The van der Waals surface area contributed by atoms with Crippen LogP contribution in [0.1, 0.15) is 22.9 Å². The van der Waals surface area contributed by atoms with Crippen molar-refractivity contribution in [3.8, 4) is 0 Å². The van der Waals surface area contributed by atoms with E-state index in [9.17, 15) is 4.79 Å². The molecular formula is C12H19N3O2S. The predicted molar refractivity (Wildman–Crippen MR) is 72.6 cm³/mol. The van der Waals surface area contributed by atoms with E-state index < -0.39 is 11.9 Å². The normalized spacial score (nSPS) is 18.1. The standard InChI is InChI=1S/C12H19N3O2S/c1-14(2)6-7-15(3)12-13-10-8(11(16)17)4-5-9(10)18-12/h8H,4-7H2,1-3H3,(H,16,17). The van der Waals surface area contributed by atoms with Gasteiger partial charge in [-0.2, -0.15) is 0 Å². The molecule has 1 N–H and O–H groups in total. The molecule has 1 unspecified atom stereocenters. The molecule has 5 nitrogen and oxygen atoms in total. The third-order valence-electron chi connectivity index (χ3n) is 3.21. The number of rotatable bonds is 5. The summed E-state index contributed by atoms with van der Waals surface area (Å²) >= 11 is 1.64. The van der Waals surface area contributed by atoms with Gasteiger partial charge in [0.1, 0.15) is 5.92 Å². The van der Waals surface area contributed by atoms with E-state index in [1.165, 1.54) is 0 Å². The molecule has 0 radical (unpaired) electrons. The van der Waals surface area contributed by atoms with Gasteiger partial charge in [-0.15, -0.1) is 11.3 Å². The van der Waals surface area contributed by atoms with Crippen molar-refractivity contribution in [3.63, 3.8) is 0 Å². The molecule has 2 rings (SSSR count). The average molecular weight is 269 g/mol. The molecule has 6 heteroatoms. The Labute approximate surface area is 111 Å². The fourth-order valence-electron chi connectivity index (χ4n) is 2.06. The van der Waals surface area contributed by atoms with Gasteiger partial charge >= 0.3 is 5.97 Å². The van der Waals surface area contributed by atoms with Gasteiger partial charge in [0.15, 0.2) is 5.13 Å². The number of hydrogen-bond acceptors (Lipinski definition) is 5. The molecule has 1 heterocycles. The summed E-state index contributed by atoms with van der Waals surface area (Å²) in [5.74, 6) is -1.14. The van der Waals surface area contributed by atoms with Gasteiger partial charge in [0.05, 0.1) is 5.69 Å². The Morgan fingerprint density at radius 3 is 2.78 bits per heavy atom. The summed E-state index contributed by atoms with van der Waals surface area (Å²) in [5.41, 5.74) is 0.791. The monoisotopic (exact) mass is 269 g/mol. The number of anilines is 1. The van der Waals surface area contributed by atoms with Crippen molar-refractivity contribution < 1.29 is 9.90 Å². The number of aliphatic carboxylic acids is 1. The van der Waals surface area contributed by atoms with Crippen molar-refractivity contribution in [3.05, 3.63) is 10.6 Å². The van der Waals surface area contributed by atoms with Crippen LogP contribution in [-0.2, 0) is 11.2 Å². The first kappa shape index (κ1) is 13.3. The van der Waals surface area contributed by atoms with Gasteiger partial charge in [-0.25, -0.2) is 4.98 Å². The number of carboxylic acids is 1. The first-order valence-corrected chi connectivity index (χ1v) is 6.89. The van der Waals surface area contributed by atoms with Crippen LogP contribution < -0.4 is 4.90 Å². The van der Waals surface area contributed by atoms with Gasteiger partial charge in [-0.1, -0.05) is 0 Å². The third-order valence-corrected chi connectivity index (χ3v) is 4.46. The highest BCUT2D eigenvalue weighted by Gasteiger charge is 2.32. The molecule has 0 amide bonds. The maximum atomic E-state index is 11.1. The van der Waals surface area contributed by atoms with Crippen LogP contribution in [-0.4, -0.2) is 55.2 Å². The number of aryl methyl sites for hydroxylation is 1. The lowest BCUT2D eigenvalue weighted by molar-refractivity contribution is -0.138. The van der Waals surface area contributed by atoms with Crippen molar-refractivity contribution in [1.29, 1.82) is 0 Å². The van der Waals surface area contributed by atoms with E-state index in [2.05, 4.69) is 14.8 Å². The minimum Gasteiger partial charge on any atom is -0.481 e. The second kappa shape index (κ2) is 5.24. The lowest BCUT2D eigenvalue weighted by atomic mass is 10.1. The molecule has 1 aromatic rings. The minimum absolute atomic E-state index is 0.396. The Balaban J connectivity index is 2.08. The van der Waals surface area contributed by atoms with Crippen molar-refractivity contribution in [2.45, 2.75) is 18.8 Å². The highest BCUT2D eigenvalue weighted by atomic mass is 32.1. The van der Waals surface area contributed by atoms with E-state index in [1.807, 2.05) is 21.1 Å². The number of aromatic nitrogens is 1. The minimum atomic E-state index is -0.749. The lowest BCUT2D eigenvalue weighted by Crippen LogP contribution is -2.28. The Morgan fingerprint density at radius 2 is 2.17 bits per heavy atom. The maximum Gasteiger partial charge on any atom is 0.312 e. The van der Waals surface area contributed by atoms with E-state index in [1.54, 1.807) is 11.3 Å². The third kappa shape index (κ3) is 2.64. The van der Waals surface area contributed by atoms with Crippen LogP contribution in [0.25, 0.3) is 0 Å².